The number of morpholine rings is 1. The lowest BCUT2D eigenvalue weighted by molar-refractivity contribution is -0.118. The van der Waals surface area contributed by atoms with Crippen molar-refractivity contribution in [3.63, 3.8) is 0 Å². The lowest BCUT2D eigenvalue weighted by atomic mass is 10.1. The van der Waals surface area contributed by atoms with E-state index < -0.39 is 0 Å². The van der Waals surface area contributed by atoms with Gasteiger partial charge in [-0.2, -0.15) is 0 Å². The zero-order chi connectivity index (χ0) is 14.0. The first-order valence-corrected chi connectivity index (χ1v) is 7.20. The first-order chi connectivity index (χ1) is 8.91. The van der Waals surface area contributed by atoms with Gasteiger partial charge in [0, 0.05) is 25.6 Å². The van der Waals surface area contributed by atoms with E-state index in [4.69, 9.17) is 9.47 Å². The molecule has 5 nitrogen and oxygen atoms in total. The number of nitrogens with zero attached hydrogens (tertiary/aromatic N) is 2. The van der Waals surface area contributed by atoms with Gasteiger partial charge in [0.2, 0.25) is 0 Å². The van der Waals surface area contributed by atoms with Crippen LogP contribution in [0.25, 0.3) is 0 Å². The van der Waals surface area contributed by atoms with E-state index in [0.717, 1.165) is 5.01 Å². The van der Waals surface area contributed by atoms with Crippen LogP contribution in [-0.2, 0) is 16.1 Å². The van der Waals surface area contributed by atoms with E-state index in [2.05, 4.69) is 4.98 Å². The molecule has 0 radical (unpaired) electrons. The van der Waals surface area contributed by atoms with E-state index in [-0.39, 0.29) is 17.6 Å². The third kappa shape index (κ3) is 3.52. The van der Waals surface area contributed by atoms with Crippen molar-refractivity contribution in [2.75, 3.05) is 20.2 Å². The highest BCUT2D eigenvalue weighted by molar-refractivity contribution is 7.09. The molecular formula is C13H20N2O3S. The van der Waals surface area contributed by atoms with E-state index in [0.29, 0.717) is 25.4 Å². The molecule has 1 unspecified atom stereocenters. The summed E-state index contributed by atoms with van der Waals surface area (Å²) in [6.07, 6.45) is 0.0461. The normalized spacial score (nSPS) is 22.5. The number of aromatic nitrogens is 1. The predicted octanol–water partition coefficient (Wildman–Crippen LogP) is 1.93. The monoisotopic (exact) mass is 284 g/mol. The maximum absolute atomic E-state index is 12.4. The van der Waals surface area contributed by atoms with Gasteiger partial charge in [0.1, 0.15) is 10.7 Å². The Labute approximate surface area is 117 Å². The zero-order valence-corrected chi connectivity index (χ0v) is 12.6. The Morgan fingerprint density at radius 3 is 3.05 bits per heavy atom. The van der Waals surface area contributed by atoms with Crippen LogP contribution in [0.4, 0.5) is 0 Å². The van der Waals surface area contributed by atoms with Crippen molar-refractivity contribution in [3.8, 4) is 0 Å². The Bertz CT molecular complexity index is 458. The summed E-state index contributed by atoms with van der Waals surface area (Å²) in [5, 5.41) is 2.62. The molecule has 0 spiro atoms. The van der Waals surface area contributed by atoms with Gasteiger partial charge in [-0.25, -0.2) is 4.98 Å². The van der Waals surface area contributed by atoms with Crippen molar-refractivity contribution in [2.45, 2.75) is 39.1 Å². The molecule has 1 aliphatic heterocycles. The number of hydrogen-bond acceptors (Lipinski definition) is 5. The molecule has 1 aliphatic rings. The molecule has 1 saturated heterocycles. The molecule has 0 bridgehead atoms. The number of ether oxygens (including phenoxy) is 2. The fourth-order valence-electron chi connectivity index (χ4n) is 2.37. The number of hydrogen-bond donors (Lipinski definition) is 0. The van der Waals surface area contributed by atoms with Gasteiger partial charge in [-0.1, -0.05) is 0 Å². The van der Waals surface area contributed by atoms with Crippen molar-refractivity contribution >= 4 is 17.2 Å². The molecule has 19 heavy (non-hydrogen) atoms. The van der Waals surface area contributed by atoms with Gasteiger partial charge >= 0.3 is 0 Å². The Hall–Kier alpha value is -0.980. The summed E-state index contributed by atoms with van der Waals surface area (Å²) in [6, 6.07) is 0. The third-order valence-electron chi connectivity index (χ3n) is 2.90. The highest BCUT2D eigenvalue weighted by Gasteiger charge is 2.34. The average molecular weight is 284 g/mol. The Morgan fingerprint density at radius 1 is 1.68 bits per heavy atom. The summed E-state index contributed by atoms with van der Waals surface area (Å²) >= 11 is 1.45. The molecule has 0 saturated carbocycles. The Kier molecular flexibility index (Phi) is 4.23. The first-order valence-electron chi connectivity index (χ1n) is 6.32. The van der Waals surface area contributed by atoms with E-state index >= 15 is 0 Å². The summed E-state index contributed by atoms with van der Waals surface area (Å²) < 4.78 is 10.8. The smallest absolute Gasteiger partial charge is 0.273 e. The molecule has 0 aromatic carbocycles. The van der Waals surface area contributed by atoms with Crippen molar-refractivity contribution in [1.29, 1.82) is 0 Å². The molecule has 2 heterocycles. The van der Waals surface area contributed by atoms with Gasteiger partial charge in [-0.3, -0.25) is 4.79 Å². The van der Waals surface area contributed by atoms with Crippen LogP contribution in [0.15, 0.2) is 5.38 Å². The molecule has 1 aromatic heterocycles. The van der Waals surface area contributed by atoms with Crippen LogP contribution in [0.3, 0.4) is 0 Å². The lowest BCUT2D eigenvalue weighted by Crippen LogP contribution is -2.53. The van der Waals surface area contributed by atoms with Gasteiger partial charge in [0.25, 0.3) is 5.91 Å². The van der Waals surface area contributed by atoms with E-state index in [1.165, 1.54) is 11.3 Å². The van der Waals surface area contributed by atoms with Gasteiger partial charge in [-0.05, 0) is 20.8 Å². The summed E-state index contributed by atoms with van der Waals surface area (Å²) in [5.74, 6) is -0.0261. The number of amides is 1. The summed E-state index contributed by atoms with van der Waals surface area (Å²) in [7, 11) is 1.62. The molecule has 106 valence electrons. The topological polar surface area (TPSA) is 51.7 Å². The standard InChI is InChI=1S/C13H20N2O3S/c1-9-5-15(8-13(2,3)18-9)12(16)10-7-19-11(14-10)6-17-4/h7,9H,5-6,8H2,1-4H3. The Balaban J connectivity index is 2.09. The van der Waals surface area contributed by atoms with Crippen LogP contribution >= 0.6 is 11.3 Å². The van der Waals surface area contributed by atoms with Gasteiger partial charge in [-0.15, -0.1) is 11.3 Å². The molecule has 1 fully saturated rings. The lowest BCUT2D eigenvalue weighted by Gasteiger charge is -2.41. The SMILES string of the molecule is COCc1nc(C(=O)N2CC(C)OC(C)(C)C2)cs1. The van der Waals surface area contributed by atoms with Gasteiger partial charge in [0.05, 0.1) is 18.3 Å². The number of thiazole rings is 1. The highest BCUT2D eigenvalue weighted by atomic mass is 32.1. The third-order valence-corrected chi connectivity index (χ3v) is 3.72. The Morgan fingerprint density at radius 2 is 2.42 bits per heavy atom. The van der Waals surface area contributed by atoms with Gasteiger partial charge in [0.15, 0.2) is 0 Å². The molecular weight excluding hydrogens is 264 g/mol. The number of rotatable bonds is 3. The largest absolute Gasteiger partial charge is 0.378 e. The quantitative estimate of drug-likeness (QED) is 0.851. The predicted molar refractivity (Wildman–Crippen MR) is 73.4 cm³/mol. The minimum absolute atomic E-state index is 0.0261. The van der Waals surface area contributed by atoms with E-state index in [1.54, 1.807) is 12.5 Å². The maximum Gasteiger partial charge on any atom is 0.273 e. The summed E-state index contributed by atoms with van der Waals surface area (Å²) in [6.45, 7) is 7.63. The van der Waals surface area contributed by atoms with Crippen molar-refractivity contribution in [3.05, 3.63) is 16.1 Å². The molecule has 1 atom stereocenters. The fourth-order valence-corrected chi connectivity index (χ4v) is 3.11. The van der Waals surface area contributed by atoms with Crippen LogP contribution in [0.1, 0.15) is 36.3 Å². The second-order valence-electron chi connectivity index (χ2n) is 5.43. The number of methoxy groups -OCH3 is 1. The average Bonchev–Trinajstić information content (AvgIpc) is 2.74. The van der Waals surface area contributed by atoms with Crippen LogP contribution in [0.5, 0.6) is 0 Å². The van der Waals surface area contributed by atoms with E-state index in [9.17, 15) is 4.79 Å². The van der Waals surface area contributed by atoms with Gasteiger partial charge < -0.3 is 14.4 Å². The first kappa shape index (κ1) is 14.4. The molecule has 1 amide bonds. The van der Waals surface area contributed by atoms with Crippen molar-refractivity contribution in [1.82, 2.24) is 9.88 Å². The zero-order valence-electron chi connectivity index (χ0n) is 11.8. The van der Waals surface area contributed by atoms with Crippen LogP contribution < -0.4 is 0 Å². The molecule has 1 aromatic rings. The highest BCUT2D eigenvalue weighted by Crippen LogP contribution is 2.22. The van der Waals surface area contributed by atoms with E-state index in [1.807, 2.05) is 25.7 Å². The summed E-state index contributed by atoms with van der Waals surface area (Å²) in [4.78, 5) is 18.6. The minimum Gasteiger partial charge on any atom is -0.378 e. The van der Waals surface area contributed by atoms with Crippen LogP contribution in [-0.4, -0.2) is 47.7 Å². The van der Waals surface area contributed by atoms with Crippen LogP contribution in [0, 0.1) is 0 Å². The minimum atomic E-state index is -0.307. The molecule has 0 N–H and O–H groups in total. The molecule has 2 rings (SSSR count). The number of carbonyl (C=O) groups is 1. The van der Waals surface area contributed by atoms with Crippen molar-refractivity contribution in [2.24, 2.45) is 0 Å². The van der Waals surface area contributed by atoms with Crippen LogP contribution in [0.2, 0.25) is 0 Å². The molecule has 0 aliphatic carbocycles. The van der Waals surface area contributed by atoms with Crippen molar-refractivity contribution < 1.29 is 14.3 Å². The number of carbonyl (C=O) groups excluding carboxylic acids is 1. The maximum atomic E-state index is 12.4. The second kappa shape index (κ2) is 5.56. The fraction of sp³-hybridized carbons (Fsp3) is 0.692. The second-order valence-corrected chi connectivity index (χ2v) is 6.38. The summed E-state index contributed by atoms with van der Waals surface area (Å²) in [5.41, 5.74) is 0.195. The molecule has 6 heteroatoms.